The molecule has 6 heteroatoms. The van der Waals surface area contributed by atoms with E-state index in [2.05, 4.69) is 33.9 Å². The average molecular weight is 320 g/mol. The maximum absolute atomic E-state index is 12.9. The summed E-state index contributed by atoms with van der Waals surface area (Å²) in [5.74, 6) is 1.16. The summed E-state index contributed by atoms with van der Waals surface area (Å²) in [6.07, 6.45) is 7.41. The highest BCUT2D eigenvalue weighted by Crippen LogP contribution is 2.37. The van der Waals surface area contributed by atoms with Crippen molar-refractivity contribution in [1.82, 2.24) is 19.8 Å². The molecule has 1 fully saturated rings. The van der Waals surface area contributed by atoms with Gasteiger partial charge in [-0.15, -0.1) is 0 Å². The second-order valence-corrected chi connectivity index (χ2v) is 7.13. The Morgan fingerprint density at radius 2 is 2.17 bits per heavy atom. The van der Waals surface area contributed by atoms with Crippen LogP contribution in [0.25, 0.3) is 0 Å². The van der Waals surface area contributed by atoms with Crippen molar-refractivity contribution in [3.8, 4) is 0 Å². The number of hydrogen-bond acceptors (Lipinski definition) is 4. The van der Waals surface area contributed by atoms with Crippen LogP contribution < -0.4 is 5.32 Å². The molecule has 0 radical (unpaired) electrons. The van der Waals surface area contributed by atoms with Crippen molar-refractivity contribution in [3.05, 3.63) is 17.7 Å². The number of fused-ring (bicyclic) bond motifs is 1. The Hall–Kier alpha value is -1.40. The Morgan fingerprint density at radius 1 is 1.39 bits per heavy atom. The lowest BCUT2D eigenvalue weighted by atomic mass is 9.73. The zero-order chi connectivity index (χ0) is 16.3. The van der Waals surface area contributed by atoms with E-state index < -0.39 is 0 Å². The van der Waals surface area contributed by atoms with Crippen LogP contribution >= 0.6 is 0 Å². The molecule has 3 rings (SSSR count). The van der Waals surface area contributed by atoms with Gasteiger partial charge in [0.1, 0.15) is 12.4 Å². The van der Waals surface area contributed by atoms with Crippen molar-refractivity contribution in [2.75, 3.05) is 27.2 Å². The molecule has 1 aliphatic heterocycles. The molecular formula is C17H28N4O2. The number of rotatable bonds is 5. The van der Waals surface area contributed by atoms with Gasteiger partial charge in [-0.05, 0) is 26.9 Å². The second-order valence-electron chi connectivity index (χ2n) is 7.13. The lowest BCUT2D eigenvalue weighted by molar-refractivity contribution is -0.134. The van der Waals surface area contributed by atoms with Gasteiger partial charge in [-0.25, -0.2) is 4.98 Å². The summed E-state index contributed by atoms with van der Waals surface area (Å²) in [5, 5.41) is 3.18. The summed E-state index contributed by atoms with van der Waals surface area (Å²) >= 11 is 0. The van der Waals surface area contributed by atoms with E-state index in [1.54, 1.807) is 0 Å². The van der Waals surface area contributed by atoms with Gasteiger partial charge in [-0.1, -0.05) is 19.3 Å². The number of ether oxygens (including phenoxy) is 1. The Bertz CT molecular complexity index is 547. The third kappa shape index (κ3) is 3.58. The zero-order valence-electron chi connectivity index (χ0n) is 14.3. The first-order valence-corrected chi connectivity index (χ1v) is 8.65. The van der Waals surface area contributed by atoms with Crippen LogP contribution in [0.15, 0.2) is 6.20 Å². The second kappa shape index (κ2) is 7.01. The fourth-order valence-electron chi connectivity index (χ4n) is 3.95. The van der Waals surface area contributed by atoms with Crippen LogP contribution in [0.5, 0.6) is 0 Å². The molecule has 1 amide bonds. The van der Waals surface area contributed by atoms with E-state index >= 15 is 0 Å². The molecule has 1 N–H and O–H groups in total. The zero-order valence-corrected chi connectivity index (χ0v) is 14.3. The lowest BCUT2D eigenvalue weighted by Gasteiger charge is -2.38. The predicted molar refractivity (Wildman–Crippen MR) is 87.8 cm³/mol. The number of aromatic nitrogens is 2. The minimum atomic E-state index is -0.227. The third-order valence-electron chi connectivity index (χ3n) is 5.05. The molecule has 0 spiro atoms. The van der Waals surface area contributed by atoms with Gasteiger partial charge in [-0.2, -0.15) is 0 Å². The van der Waals surface area contributed by atoms with Gasteiger partial charge in [0, 0.05) is 13.1 Å². The fourth-order valence-corrected chi connectivity index (χ4v) is 3.95. The first-order valence-electron chi connectivity index (χ1n) is 8.65. The van der Waals surface area contributed by atoms with Crippen molar-refractivity contribution < 1.29 is 9.53 Å². The summed E-state index contributed by atoms with van der Waals surface area (Å²) in [6.45, 7) is 3.50. The summed E-state index contributed by atoms with van der Waals surface area (Å²) in [6, 6.07) is 0. The van der Waals surface area contributed by atoms with Gasteiger partial charge in [0.25, 0.3) is 0 Å². The molecule has 1 saturated carbocycles. The van der Waals surface area contributed by atoms with E-state index in [4.69, 9.17) is 4.74 Å². The van der Waals surface area contributed by atoms with Gasteiger partial charge in [0.2, 0.25) is 5.91 Å². The highest BCUT2D eigenvalue weighted by atomic mass is 16.5. The Balaban J connectivity index is 1.66. The molecule has 1 aliphatic carbocycles. The van der Waals surface area contributed by atoms with E-state index in [0.717, 1.165) is 56.9 Å². The minimum Gasteiger partial charge on any atom is -0.372 e. The summed E-state index contributed by atoms with van der Waals surface area (Å²) in [7, 11) is 4.11. The molecule has 23 heavy (non-hydrogen) atoms. The van der Waals surface area contributed by atoms with E-state index in [1.165, 1.54) is 6.42 Å². The number of nitrogens with zero attached hydrogens (tertiary/aromatic N) is 3. The minimum absolute atomic E-state index is 0.202. The quantitative estimate of drug-likeness (QED) is 0.894. The van der Waals surface area contributed by atoms with E-state index in [0.29, 0.717) is 13.2 Å². The molecule has 0 atom stereocenters. The molecule has 1 aromatic heterocycles. The first-order chi connectivity index (χ1) is 11.1. The van der Waals surface area contributed by atoms with Crippen LogP contribution in [-0.4, -0.2) is 47.6 Å². The largest absolute Gasteiger partial charge is 0.372 e. The number of imidazole rings is 1. The van der Waals surface area contributed by atoms with Crippen molar-refractivity contribution >= 4 is 5.91 Å². The number of carbonyl (C=O) groups is 1. The molecule has 2 aliphatic rings. The number of amides is 1. The van der Waals surface area contributed by atoms with Crippen LogP contribution in [0.4, 0.5) is 0 Å². The maximum Gasteiger partial charge on any atom is 0.227 e. The van der Waals surface area contributed by atoms with E-state index in [-0.39, 0.29) is 11.3 Å². The Kier molecular flexibility index (Phi) is 5.02. The molecule has 1 aromatic rings. The number of carbonyl (C=O) groups excluding carboxylic acids is 1. The monoisotopic (exact) mass is 320 g/mol. The Labute approximate surface area is 138 Å². The van der Waals surface area contributed by atoms with Gasteiger partial charge in [0.15, 0.2) is 0 Å². The lowest BCUT2D eigenvalue weighted by Crippen LogP contribution is -2.48. The van der Waals surface area contributed by atoms with Crippen molar-refractivity contribution in [1.29, 1.82) is 0 Å². The highest BCUT2D eigenvalue weighted by Gasteiger charge is 2.39. The van der Waals surface area contributed by atoms with Gasteiger partial charge in [-0.3, -0.25) is 4.79 Å². The fraction of sp³-hybridized carbons (Fsp3) is 0.765. The van der Waals surface area contributed by atoms with Crippen LogP contribution in [-0.2, 0) is 29.2 Å². The van der Waals surface area contributed by atoms with E-state index in [1.807, 2.05) is 6.20 Å². The predicted octanol–water partition coefficient (Wildman–Crippen LogP) is 1.54. The summed E-state index contributed by atoms with van der Waals surface area (Å²) in [5.41, 5.74) is 0.850. The third-order valence-corrected chi connectivity index (χ3v) is 5.05. The highest BCUT2D eigenvalue weighted by molar-refractivity contribution is 5.83. The molecule has 128 valence electrons. The molecule has 6 nitrogen and oxygen atoms in total. The smallest absolute Gasteiger partial charge is 0.227 e. The van der Waals surface area contributed by atoms with Crippen LogP contribution in [0.1, 0.15) is 43.6 Å². The molecule has 0 unspecified atom stereocenters. The topological polar surface area (TPSA) is 59.4 Å². The molecule has 0 aromatic carbocycles. The molecule has 2 heterocycles. The molecule has 0 saturated heterocycles. The normalized spacial score (nSPS) is 20.3. The van der Waals surface area contributed by atoms with Crippen molar-refractivity contribution in [2.24, 2.45) is 5.41 Å². The number of hydrogen-bond donors (Lipinski definition) is 1. The molecule has 0 bridgehead atoms. The van der Waals surface area contributed by atoms with Gasteiger partial charge in [0.05, 0.1) is 30.5 Å². The number of nitrogens with one attached hydrogen (secondary N) is 1. The Morgan fingerprint density at radius 3 is 2.91 bits per heavy atom. The summed E-state index contributed by atoms with van der Waals surface area (Å²) < 4.78 is 7.58. The van der Waals surface area contributed by atoms with Crippen LogP contribution in [0.2, 0.25) is 0 Å². The van der Waals surface area contributed by atoms with Crippen molar-refractivity contribution in [2.45, 2.75) is 51.8 Å². The van der Waals surface area contributed by atoms with Gasteiger partial charge >= 0.3 is 0 Å². The van der Waals surface area contributed by atoms with Crippen molar-refractivity contribution in [3.63, 3.8) is 0 Å². The first kappa shape index (κ1) is 16.5. The van der Waals surface area contributed by atoms with Crippen LogP contribution in [0.3, 0.4) is 0 Å². The maximum atomic E-state index is 12.9. The van der Waals surface area contributed by atoms with Crippen LogP contribution in [0, 0.1) is 5.41 Å². The van der Waals surface area contributed by atoms with Gasteiger partial charge < -0.3 is 19.5 Å². The SMILES string of the molecule is CN(C)CC1(C(=O)NCc2cnc3n2CCOC3)CCCCC1. The average Bonchev–Trinajstić information content (AvgIpc) is 2.96. The van der Waals surface area contributed by atoms with E-state index in [9.17, 15) is 4.79 Å². The summed E-state index contributed by atoms with van der Waals surface area (Å²) in [4.78, 5) is 19.5. The molecular weight excluding hydrogens is 292 g/mol. The standard InChI is InChI=1S/C17H28N4O2/c1-20(2)13-17(6-4-3-5-7-17)16(22)19-11-14-10-18-15-12-23-9-8-21(14)15/h10H,3-9,11-13H2,1-2H3,(H,19,22).